The van der Waals surface area contributed by atoms with Gasteiger partial charge in [0.25, 0.3) is 0 Å². The van der Waals surface area contributed by atoms with Crippen LogP contribution in [0.1, 0.15) is 40.0 Å². The predicted molar refractivity (Wildman–Crippen MR) is 69.6 cm³/mol. The van der Waals surface area contributed by atoms with E-state index in [4.69, 9.17) is 0 Å². The van der Waals surface area contributed by atoms with E-state index < -0.39 is 0 Å². The van der Waals surface area contributed by atoms with Gasteiger partial charge in [0.1, 0.15) is 0 Å². The lowest BCUT2D eigenvalue weighted by Crippen LogP contribution is -2.47. The lowest BCUT2D eigenvalue weighted by Gasteiger charge is -2.43. The lowest BCUT2D eigenvalue weighted by atomic mass is 9.79. The van der Waals surface area contributed by atoms with Gasteiger partial charge in [0.15, 0.2) is 0 Å². The van der Waals surface area contributed by atoms with Gasteiger partial charge in [0, 0.05) is 19.6 Å². The number of hydrogen-bond acceptors (Lipinski definition) is 2. The Morgan fingerprint density at radius 2 is 2.19 bits per heavy atom. The first-order valence-electron chi connectivity index (χ1n) is 6.98. The normalized spacial score (nSPS) is 36.2. The molecule has 94 valence electrons. The van der Waals surface area contributed by atoms with E-state index in [2.05, 4.69) is 31.0 Å². The number of likely N-dealkylation sites (tertiary alicyclic amines) is 1. The standard InChI is InChI=1S/C14H28N2/c1-12-7-14(2,3)11-16(9-12)10-13-5-4-6-15-8-13/h12-13,15H,4-11H2,1-3H3. The van der Waals surface area contributed by atoms with Crippen LogP contribution in [-0.2, 0) is 0 Å². The minimum absolute atomic E-state index is 0.528. The average Bonchev–Trinajstić information content (AvgIpc) is 2.15. The summed E-state index contributed by atoms with van der Waals surface area (Å²) >= 11 is 0. The molecule has 2 heterocycles. The van der Waals surface area contributed by atoms with Gasteiger partial charge in [0.2, 0.25) is 0 Å². The first-order valence-corrected chi connectivity index (χ1v) is 6.98. The fraction of sp³-hybridized carbons (Fsp3) is 1.00. The third-order valence-electron chi connectivity index (χ3n) is 4.04. The van der Waals surface area contributed by atoms with Gasteiger partial charge in [-0.15, -0.1) is 0 Å². The van der Waals surface area contributed by atoms with Crippen LogP contribution in [-0.4, -0.2) is 37.6 Å². The van der Waals surface area contributed by atoms with Gasteiger partial charge in [0.05, 0.1) is 0 Å². The SMILES string of the molecule is CC1CN(CC2CCCNC2)CC(C)(C)C1. The molecule has 1 N–H and O–H groups in total. The third kappa shape index (κ3) is 3.46. The first kappa shape index (κ1) is 12.4. The zero-order valence-electron chi connectivity index (χ0n) is 11.3. The summed E-state index contributed by atoms with van der Waals surface area (Å²) in [4.78, 5) is 2.71. The summed E-state index contributed by atoms with van der Waals surface area (Å²) in [5, 5.41) is 3.53. The molecule has 0 aliphatic carbocycles. The van der Waals surface area contributed by atoms with Gasteiger partial charge in [-0.3, -0.25) is 0 Å². The van der Waals surface area contributed by atoms with E-state index in [0.717, 1.165) is 11.8 Å². The van der Waals surface area contributed by atoms with Crippen molar-refractivity contribution in [3.63, 3.8) is 0 Å². The Bertz CT molecular complexity index is 219. The Morgan fingerprint density at radius 3 is 2.81 bits per heavy atom. The number of piperidine rings is 2. The number of nitrogens with one attached hydrogen (secondary N) is 1. The fourth-order valence-corrected chi connectivity index (χ4v) is 3.77. The van der Waals surface area contributed by atoms with Crippen molar-refractivity contribution in [2.45, 2.75) is 40.0 Å². The van der Waals surface area contributed by atoms with Gasteiger partial charge < -0.3 is 10.2 Å². The van der Waals surface area contributed by atoms with Crippen LogP contribution in [0, 0.1) is 17.3 Å². The topological polar surface area (TPSA) is 15.3 Å². The third-order valence-corrected chi connectivity index (χ3v) is 4.04. The largest absolute Gasteiger partial charge is 0.316 e. The zero-order valence-corrected chi connectivity index (χ0v) is 11.3. The van der Waals surface area contributed by atoms with Crippen LogP contribution < -0.4 is 5.32 Å². The fourth-order valence-electron chi connectivity index (χ4n) is 3.77. The van der Waals surface area contributed by atoms with E-state index in [9.17, 15) is 0 Å². The summed E-state index contributed by atoms with van der Waals surface area (Å²) in [6, 6.07) is 0. The molecule has 0 aromatic heterocycles. The lowest BCUT2D eigenvalue weighted by molar-refractivity contribution is 0.0636. The van der Waals surface area contributed by atoms with Crippen LogP contribution in [0.3, 0.4) is 0 Å². The van der Waals surface area contributed by atoms with E-state index >= 15 is 0 Å². The van der Waals surface area contributed by atoms with Gasteiger partial charge in [-0.1, -0.05) is 20.8 Å². The monoisotopic (exact) mass is 224 g/mol. The number of nitrogens with zero attached hydrogens (tertiary/aromatic N) is 1. The maximum atomic E-state index is 3.53. The number of hydrogen-bond donors (Lipinski definition) is 1. The molecule has 0 aromatic rings. The minimum atomic E-state index is 0.528. The maximum Gasteiger partial charge on any atom is 0.00330 e. The molecule has 2 saturated heterocycles. The Kier molecular flexibility index (Phi) is 3.91. The van der Waals surface area contributed by atoms with Crippen LogP contribution in [0.25, 0.3) is 0 Å². The van der Waals surface area contributed by atoms with E-state index in [1.165, 1.54) is 52.0 Å². The Labute approximate surface area is 101 Å². The molecule has 2 rings (SSSR count). The van der Waals surface area contributed by atoms with Gasteiger partial charge in [-0.2, -0.15) is 0 Å². The molecule has 2 aliphatic heterocycles. The summed E-state index contributed by atoms with van der Waals surface area (Å²) in [5.74, 6) is 1.77. The van der Waals surface area contributed by atoms with Crippen LogP contribution in [0.5, 0.6) is 0 Å². The smallest absolute Gasteiger partial charge is 0.00330 e. The second-order valence-electron chi connectivity index (χ2n) is 6.88. The van der Waals surface area contributed by atoms with Crippen molar-refractivity contribution in [1.29, 1.82) is 0 Å². The predicted octanol–water partition coefficient (Wildman–Crippen LogP) is 2.35. The van der Waals surface area contributed by atoms with Gasteiger partial charge in [-0.05, 0) is 49.6 Å². The van der Waals surface area contributed by atoms with Crippen LogP contribution in [0.4, 0.5) is 0 Å². The quantitative estimate of drug-likeness (QED) is 0.774. The Balaban J connectivity index is 1.84. The van der Waals surface area contributed by atoms with Crippen LogP contribution >= 0.6 is 0 Å². The summed E-state index contributed by atoms with van der Waals surface area (Å²) in [7, 11) is 0. The molecule has 0 aromatic carbocycles. The molecule has 0 radical (unpaired) electrons. The minimum Gasteiger partial charge on any atom is -0.316 e. The second kappa shape index (κ2) is 5.05. The molecular formula is C14H28N2. The maximum absolute atomic E-state index is 3.53. The van der Waals surface area contributed by atoms with Crippen molar-refractivity contribution in [2.75, 3.05) is 32.7 Å². The van der Waals surface area contributed by atoms with Crippen molar-refractivity contribution in [3.05, 3.63) is 0 Å². The molecular weight excluding hydrogens is 196 g/mol. The summed E-state index contributed by atoms with van der Waals surface area (Å²) < 4.78 is 0. The van der Waals surface area contributed by atoms with Crippen molar-refractivity contribution >= 4 is 0 Å². The molecule has 2 aliphatic rings. The van der Waals surface area contributed by atoms with E-state index in [1.54, 1.807) is 0 Å². The highest BCUT2D eigenvalue weighted by molar-refractivity contribution is 4.85. The van der Waals surface area contributed by atoms with Crippen molar-refractivity contribution in [1.82, 2.24) is 10.2 Å². The zero-order chi connectivity index (χ0) is 11.6. The highest BCUT2D eigenvalue weighted by atomic mass is 15.1. The molecule has 16 heavy (non-hydrogen) atoms. The second-order valence-corrected chi connectivity index (χ2v) is 6.88. The summed E-state index contributed by atoms with van der Waals surface area (Å²) in [5.41, 5.74) is 0.528. The first-order chi connectivity index (χ1) is 7.55. The summed E-state index contributed by atoms with van der Waals surface area (Å²) in [6.45, 7) is 13.7. The Hall–Kier alpha value is -0.0800. The molecule has 2 fully saturated rings. The molecule has 0 bridgehead atoms. The average molecular weight is 224 g/mol. The van der Waals surface area contributed by atoms with E-state index in [0.29, 0.717) is 5.41 Å². The molecule has 2 nitrogen and oxygen atoms in total. The Morgan fingerprint density at radius 1 is 1.38 bits per heavy atom. The molecule has 2 atom stereocenters. The van der Waals surface area contributed by atoms with Crippen LogP contribution in [0.15, 0.2) is 0 Å². The molecule has 2 heteroatoms. The van der Waals surface area contributed by atoms with Gasteiger partial charge >= 0.3 is 0 Å². The van der Waals surface area contributed by atoms with Crippen LogP contribution in [0.2, 0.25) is 0 Å². The van der Waals surface area contributed by atoms with Crippen molar-refractivity contribution in [2.24, 2.45) is 17.3 Å². The molecule has 0 saturated carbocycles. The number of rotatable bonds is 2. The highest BCUT2D eigenvalue weighted by Gasteiger charge is 2.31. The van der Waals surface area contributed by atoms with Gasteiger partial charge in [-0.25, -0.2) is 0 Å². The summed E-state index contributed by atoms with van der Waals surface area (Å²) in [6.07, 6.45) is 4.20. The van der Waals surface area contributed by atoms with Crippen molar-refractivity contribution in [3.8, 4) is 0 Å². The van der Waals surface area contributed by atoms with E-state index in [-0.39, 0.29) is 0 Å². The molecule has 0 spiro atoms. The van der Waals surface area contributed by atoms with Crippen molar-refractivity contribution < 1.29 is 0 Å². The molecule has 0 amide bonds. The van der Waals surface area contributed by atoms with E-state index in [1.807, 2.05) is 0 Å². The highest BCUT2D eigenvalue weighted by Crippen LogP contribution is 2.32. The molecule has 2 unspecified atom stereocenters.